The highest BCUT2D eigenvalue weighted by atomic mass is 32.1. The number of aromatic nitrogens is 2. The van der Waals surface area contributed by atoms with E-state index in [1.54, 1.807) is 6.92 Å². The molecule has 0 unspecified atom stereocenters. The predicted octanol–water partition coefficient (Wildman–Crippen LogP) is 3.98. The number of rotatable bonds is 3. The minimum absolute atomic E-state index is 0.220. The number of nitrogens with one attached hydrogen (secondary N) is 1. The summed E-state index contributed by atoms with van der Waals surface area (Å²) in [6.07, 6.45) is 0. The molecular formula is C16H15N3O2S. The van der Waals surface area contributed by atoms with Crippen molar-refractivity contribution in [2.75, 3.05) is 5.32 Å². The molecule has 3 aromatic rings. The number of carbonyl (C=O) groups excluding carboxylic acids is 1. The average Bonchev–Trinajstić information content (AvgIpc) is 3.05. The van der Waals surface area contributed by atoms with Crippen molar-refractivity contribution in [3.8, 4) is 10.6 Å². The molecule has 0 saturated heterocycles. The third-order valence-electron chi connectivity index (χ3n) is 3.45. The SMILES string of the molecule is Cc1oc(C)c(C(=O)Nc2nnc(-c3ccccc3)s2)c1C. The zero-order valence-corrected chi connectivity index (χ0v) is 13.3. The monoisotopic (exact) mass is 313 g/mol. The Bertz CT molecular complexity index is 821. The second-order valence-electron chi connectivity index (χ2n) is 4.95. The second-order valence-corrected chi connectivity index (χ2v) is 5.92. The fourth-order valence-electron chi connectivity index (χ4n) is 2.26. The van der Waals surface area contributed by atoms with Crippen molar-refractivity contribution in [1.82, 2.24) is 10.2 Å². The van der Waals surface area contributed by atoms with Gasteiger partial charge in [0.1, 0.15) is 16.5 Å². The molecule has 1 N–H and O–H groups in total. The molecule has 5 nitrogen and oxygen atoms in total. The number of anilines is 1. The van der Waals surface area contributed by atoms with Crippen LogP contribution >= 0.6 is 11.3 Å². The fraction of sp³-hybridized carbons (Fsp3) is 0.188. The molecule has 6 heteroatoms. The second kappa shape index (κ2) is 5.73. The Balaban J connectivity index is 1.82. The summed E-state index contributed by atoms with van der Waals surface area (Å²) in [5.74, 6) is 1.15. The summed E-state index contributed by atoms with van der Waals surface area (Å²) >= 11 is 1.34. The number of benzene rings is 1. The highest BCUT2D eigenvalue weighted by Gasteiger charge is 2.20. The first-order valence-electron chi connectivity index (χ1n) is 6.83. The van der Waals surface area contributed by atoms with E-state index in [9.17, 15) is 4.79 Å². The van der Waals surface area contributed by atoms with Crippen molar-refractivity contribution < 1.29 is 9.21 Å². The maximum absolute atomic E-state index is 12.4. The predicted molar refractivity (Wildman–Crippen MR) is 86.2 cm³/mol. The van der Waals surface area contributed by atoms with Crippen molar-refractivity contribution in [1.29, 1.82) is 0 Å². The third kappa shape index (κ3) is 2.65. The van der Waals surface area contributed by atoms with E-state index in [0.29, 0.717) is 16.5 Å². The first-order chi connectivity index (χ1) is 10.6. The molecule has 2 aromatic heterocycles. The Labute approximate surface area is 132 Å². The first kappa shape index (κ1) is 14.5. The highest BCUT2D eigenvalue weighted by molar-refractivity contribution is 7.18. The van der Waals surface area contributed by atoms with E-state index in [-0.39, 0.29) is 5.91 Å². The van der Waals surface area contributed by atoms with Gasteiger partial charge in [-0.15, -0.1) is 10.2 Å². The summed E-state index contributed by atoms with van der Waals surface area (Å²) in [6.45, 7) is 5.50. The summed E-state index contributed by atoms with van der Waals surface area (Å²) in [6, 6.07) is 9.74. The lowest BCUT2D eigenvalue weighted by molar-refractivity contribution is 0.102. The number of carbonyl (C=O) groups is 1. The summed E-state index contributed by atoms with van der Waals surface area (Å²) < 4.78 is 5.49. The number of hydrogen-bond acceptors (Lipinski definition) is 5. The molecule has 0 aliphatic rings. The largest absolute Gasteiger partial charge is 0.466 e. The van der Waals surface area contributed by atoms with Gasteiger partial charge in [0.15, 0.2) is 0 Å². The summed E-state index contributed by atoms with van der Waals surface area (Å²) in [4.78, 5) is 12.4. The third-order valence-corrected chi connectivity index (χ3v) is 4.34. The van der Waals surface area contributed by atoms with Crippen molar-refractivity contribution in [2.24, 2.45) is 0 Å². The van der Waals surface area contributed by atoms with Crippen molar-refractivity contribution in [3.63, 3.8) is 0 Å². The van der Waals surface area contributed by atoms with Gasteiger partial charge in [0.2, 0.25) is 5.13 Å². The van der Waals surface area contributed by atoms with Crippen LogP contribution in [-0.2, 0) is 0 Å². The smallest absolute Gasteiger partial charge is 0.261 e. The lowest BCUT2D eigenvalue weighted by Crippen LogP contribution is -2.13. The molecule has 0 fully saturated rings. The molecule has 0 radical (unpaired) electrons. The normalized spacial score (nSPS) is 10.7. The van der Waals surface area contributed by atoms with Crippen LogP contribution in [-0.4, -0.2) is 16.1 Å². The zero-order chi connectivity index (χ0) is 15.7. The Hall–Kier alpha value is -2.47. The van der Waals surface area contributed by atoms with Gasteiger partial charge in [0.05, 0.1) is 5.56 Å². The lowest BCUT2D eigenvalue weighted by atomic mass is 10.1. The van der Waals surface area contributed by atoms with E-state index in [4.69, 9.17) is 4.42 Å². The summed E-state index contributed by atoms with van der Waals surface area (Å²) in [5.41, 5.74) is 2.39. The van der Waals surface area contributed by atoms with Crippen LogP contribution in [0.1, 0.15) is 27.4 Å². The van der Waals surface area contributed by atoms with Gasteiger partial charge in [-0.1, -0.05) is 41.7 Å². The lowest BCUT2D eigenvalue weighted by Gasteiger charge is -2.00. The van der Waals surface area contributed by atoms with Gasteiger partial charge in [-0.25, -0.2) is 0 Å². The summed E-state index contributed by atoms with van der Waals surface area (Å²) in [7, 11) is 0. The van der Waals surface area contributed by atoms with Crippen LogP contribution in [0.25, 0.3) is 10.6 Å². The van der Waals surface area contributed by atoms with Crippen LogP contribution in [0.4, 0.5) is 5.13 Å². The number of hydrogen-bond donors (Lipinski definition) is 1. The Morgan fingerprint density at radius 2 is 1.82 bits per heavy atom. The quantitative estimate of drug-likeness (QED) is 0.794. The molecular weight excluding hydrogens is 298 g/mol. The Kier molecular flexibility index (Phi) is 3.77. The molecule has 0 bridgehead atoms. The van der Waals surface area contributed by atoms with Crippen LogP contribution in [0.5, 0.6) is 0 Å². The van der Waals surface area contributed by atoms with Crippen LogP contribution in [0, 0.1) is 20.8 Å². The molecule has 3 rings (SSSR count). The van der Waals surface area contributed by atoms with Crippen molar-refractivity contribution in [3.05, 3.63) is 53.0 Å². The molecule has 1 amide bonds. The maximum Gasteiger partial charge on any atom is 0.261 e. The molecule has 0 saturated carbocycles. The Morgan fingerprint density at radius 3 is 2.45 bits per heavy atom. The number of aryl methyl sites for hydroxylation is 2. The van der Waals surface area contributed by atoms with Gasteiger partial charge < -0.3 is 4.42 Å². The molecule has 112 valence electrons. The van der Waals surface area contributed by atoms with E-state index in [0.717, 1.165) is 21.9 Å². The topological polar surface area (TPSA) is 68.0 Å². The van der Waals surface area contributed by atoms with Crippen molar-refractivity contribution >= 4 is 22.4 Å². The minimum Gasteiger partial charge on any atom is -0.466 e. The number of furan rings is 1. The summed E-state index contributed by atoms with van der Waals surface area (Å²) in [5, 5.41) is 12.2. The number of nitrogens with zero attached hydrogens (tertiary/aromatic N) is 2. The van der Waals surface area contributed by atoms with Gasteiger partial charge >= 0.3 is 0 Å². The molecule has 0 aliphatic carbocycles. The van der Waals surface area contributed by atoms with Gasteiger partial charge in [-0.2, -0.15) is 0 Å². The van der Waals surface area contributed by atoms with Gasteiger partial charge in [-0.3, -0.25) is 10.1 Å². The van der Waals surface area contributed by atoms with E-state index in [1.165, 1.54) is 11.3 Å². The van der Waals surface area contributed by atoms with E-state index in [2.05, 4.69) is 15.5 Å². The highest BCUT2D eigenvalue weighted by Crippen LogP contribution is 2.27. The minimum atomic E-state index is -0.220. The van der Waals surface area contributed by atoms with E-state index in [1.807, 2.05) is 44.2 Å². The van der Waals surface area contributed by atoms with Crippen LogP contribution in [0.2, 0.25) is 0 Å². The molecule has 1 aromatic carbocycles. The molecule has 2 heterocycles. The average molecular weight is 313 g/mol. The molecule has 0 aliphatic heterocycles. The van der Waals surface area contributed by atoms with E-state index >= 15 is 0 Å². The van der Waals surface area contributed by atoms with Crippen molar-refractivity contribution in [2.45, 2.75) is 20.8 Å². The van der Waals surface area contributed by atoms with Gasteiger partial charge in [-0.05, 0) is 20.8 Å². The van der Waals surface area contributed by atoms with Crippen LogP contribution in [0.15, 0.2) is 34.7 Å². The molecule has 0 spiro atoms. The Morgan fingerprint density at radius 1 is 1.09 bits per heavy atom. The maximum atomic E-state index is 12.4. The van der Waals surface area contributed by atoms with E-state index < -0.39 is 0 Å². The zero-order valence-electron chi connectivity index (χ0n) is 12.5. The first-order valence-corrected chi connectivity index (χ1v) is 7.65. The standard InChI is InChI=1S/C16H15N3O2S/c1-9-10(2)21-11(3)13(9)14(20)17-16-19-18-15(22-16)12-7-5-4-6-8-12/h4-8H,1-3H3,(H,17,19,20). The van der Waals surface area contributed by atoms with Gasteiger partial charge in [0, 0.05) is 11.1 Å². The van der Waals surface area contributed by atoms with Crippen LogP contribution < -0.4 is 5.32 Å². The van der Waals surface area contributed by atoms with Gasteiger partial charge in [0.25, 0.3) is 5.91 Å². The number of amides is 1. The fourth-order valence-corrected chi connectivity index (χ4v) is 3.00. The molecule has 22 heavy (non-hydrogen) atoms. The van der Waals surface area contributed by atoms with Crippen LogP contribution in [0.3, 0.4) is 0 Å². The molecule has 0 atom stereocenters.